The summed E-state index contributed by atoms with van der Waals surface area (Å²) in [6.45, 7) is 3.97. The monoisotopic (exact) mass is 274 g/mol. The van der Waals surface area contributed by atoms with E-state index in [2.05, 4.69) is 41.4 Å². The zero-order chi connectivity index (χ0) is 13.9. The van der Waals surface area contributed by atoms with Crippen molar-refractivity contribution in [2.45, 2.75) is 38.6 Å². The fraction of sp³-hybridized carbons (Fsp3) is 0.647. The summed E-state index contributed by atoms with van der Waals surface area (Å²) >= 11 is 0. The summed E-state index contributed by atoms with van der Waals surface area (Å²) in [5.41, 5.74) is 2.44. The molecule has 3 heteroatoms. The maximum Gasteiger partial charge on any atom is 0.0606 e. The van der Waals surface area contributed by atoms with Crippen LogP contribution in [0.5, 0.6) is 0 Å². The molecular weight excluding hydrogens is 248 g/mol. The highest BCUT2D eigenvalue weighted by Gasteiger charge is 2.41. The Bertz CT molecular complexity index is 411. The van der Waals surface area contributed by atoms with Gasteiger partial charge in [-0.15, -0.1) is 0 Å². The van der Waals surface area contributed by atoms with Crippen molar-refractivity contribution in [2.24, 2.45) is 11.8 Å². The fourth-order valence-electron chi connectivity index (χ4n) is 3.08. The van der Waals surface area contributed by atoms with Gasteiger partial charge in [0, 0.05) is 30.5 Å². The third-order valence-electron chi connectivity index (χ3n) is 4.58. The second-order valence-corrected chi connectivity index (χ2v) is 6.20. The molecule has 0 aliphatic heterocycles. The van der Waals surface area contributed by atoms with Crippen molar-refractivity contribution in [3.63, 3.8) is 0 Å². The molecule has 110 valence electrons. The number of hydrogen-bond donors (Lipinski definition) is 2. The Labute approximate surface area is 122 Å². The quantitative estimate of drug-likeness (QED) is 0.764. The number of aliphatic hydroxyl groups excluding tert-OH is 1. The first-order chi connectivity index (χ1) is 9.81. The lowest BCUT2D eigenvalue weighted by atomic mass is 10.1. The van der Waals surface area contributed by atoms with Gasteiger partial charge in [0.15, 0.2) is 0 Å². The molecule has 3 rings (SSSR count). The molecule has 2 aliphatic carbocycles. The number of hydrogen-bond acceptors (Lipinski definition) is 3. The van der Waals surface area contributed by atoms with Gasteiger partial charge in [-0.05, 0) is 68.7 Å². The van der Waals surface area contributed by atoms with Gasteiger partial charge in [0.1, 0.15) is 0 Å². The highest BCUT2D eigenvalue weighted by molar-refractivity contribution is 5.55. The molecule has 0 amide bonds. The largest absolute Gasteiger partial charge is 0.395 e. The van der Waals surface area contributed by atoms with Crippen LogP contribution in [0.4, 0.5) is 11.4 Å². The van der Waals surface area contributed by atoms with Gasteiger partial charge in [0.05, 0.1) is 6.61 Å². The predicted molar refractivity (Wildman–Crippen MR) is 84.3 cm³/mol. The maximum atomic E-state index is 9.08. The third kappa shape index (κ3) is 3.26. The van der Waals surface area contributed by atoms with Crippen molar-refractivity contribution in [1.29, 1.82) is 0 Å². The van der Waals surface area contributed by atoms with Crippen LogP contribution in [0.3, 0.4) is 0 Å². The number of benzene rings is 1. The summed E-state index contributed by atoms with van der Waals surface area (Å²) in [6.07, 6.45) is 5.64. The molecule has 0 radical (unpaired) electrons. The molecule has 0 atom stereocenters. The van der Waals surface area contributed by atoms with E-state index in [-0.39, 0.29) is 6.61 Å². The minimum Gasteiger partial charge on any atom is -0.395 e. The lowest BCUT2D eigenvalue weighted by molar-refractivity contribution is 0.302. The van der Waals surface area contributed by atoms with E-state index in [1.165, 1.54) is 37.1 Å². The molecule has 1 aromatic carbocycles. The van der Waals surface area contributed by atoms with E-state index in [0.717, 1.165) is 18.4 Å². The Morgan fingerprint density at radius 3 is 2.20 bits per heavy atom. The molecule has 0 saturated heterocycles. The summed E-state index contributed by atoms with van der Waals surface area (Å²) < 4.78 is 0. The minimum absolute atomic E-state index is 0.208. The number of aliphatic hydroxyl groups is 1. The molecule has 0 unspecified atom stereocenters. The summed E-state index contributed by atoms with van der Waals surface area (Å²) in [4.78, 5) is 2.20. The lowest BCUT2D eigenvalue weighted by Gasteiger charge is -2.23. The Hall–Kier alpha value is -1.22. The van der Waals surface area contributed by atoms with E-state index < -0.39 is 0 Å². The normalized spacial score (nSPS) is 18.4. The van der Waals surface area contributed by atoms with Gasteiger partial charge in [0.25, 0.3) is 0 Å². The van der Waals surface area contributed by atoms with Crippen molar-refractivity contribution in [3.8, 4) is 0 Å². The molecule has 0 heterocycles. The van der Waals surface area contributed by atoms with Crippen LogP contribution in [0, 0.1) is 11.8 Å². The summed E-state index contributed by atoms with van der Waals surface area (Å²) in [7, 11) is 0. The van der Waals surface area contributed by atoms with Gasteiger partial charge in [-0.25, -0.2) is 0 Å². The van der Waals surface area contributed by atoms with E-state index >= 15 is 0 Å². The Morgan fingerprint density at radius 1 is 1.15 bits per heavy atom. The second kappa shape index (κ2) is 6.04. The first-order valence-corrected chi connectivity index (χ1v) is 8.04. The lowest BCUT2D eigenvalue weighted by Crippen LogP contribution is -2.26. The molecule has 20 heavy (non-hydrogen) atoms. The molecule has 2 saturated carbocycles. The van der Waals surface area contributed by atoms with Crippen molar-refractivity contribution < 1.29 is 5.11 Å². The number of rotatable bonds is 8. The average molecular weight is 274 g/mol. The number of nitrogens with zero attached hydrogens (tertiary/aromatic N) is 1. The van der Waals surface area contributed by atoms with E-state index in [1.807, 2.05) is 0 Å². The van der Waals surface area contributed by atoms with Crippen molar-refractivity contribution >= 4 is 11.4 Å². The first-order valence-electron chi connectivity index (χ1n) is 8.04. The first kappa shape index (κ1) is 13.7. The summed E-state index contributed by atoms with van der Waals surface area (Å²) in [5, 5.41) is 12.8. The standard InChI is InChI=1S/C17H26N2O/c1-2-19(11-12-20)16-9-7-15(8-10-16)18-17(13-3-4-13)14-5-6-14/h7-10,13-14,17-18,20H,2-6,11-12H2,1H3. The second-order valence-electron chi connectivity index (χ2n) is 6.20. The fourth-order valence-corrected chi connectivity index (χ4v) is 3.08. The third-order valence-corrected chi connectivity index (χ3v) is 4.58. The molecule has 0 spiro atoms. The number of likely N-dealkylation sites (N-methyl/N-ethyl adjacent to an activating group) is 1. The maximum absolute atomic E-state index is 9.08. The van der Waals surface area contributed by atoms with Gasteiger partial charge in [0.2, 0.25) is 0 Å². The van der Waals surface area contributed by atoms with Gasteiger partial charge in [-0.3, -0.25) is 0 Å². The van der Waals surface area contributed by atoms with E-state index in [1.54, 1.807) is 0 Å². The van der Waals surface area contributed by atoms with E-state index in [9.17, 15) is 0 Å². The van der Waals surface area contributed by atoms with Crippen LogP contribution in [0.2, 0.25) is 0 Å². The average Bonchev–Trinajstić information content (AvgIpc) is 3.36. The molecule has 2 aliphatic rings. The minimum atomic E-state index is 0.208. The number of anilines is 2. The van der Waals surface area contributed by atoms with Crippen LogP contribution in [-0.4, -0.2) is 30.8 Å². The van der Waals surface area contributed by atoms with Crippen LogP contribution >= 0.6 is 0 Å². The topological polar surface area (TPSA) is 35.5 Å². The van der Waals surface area contributed by atoms with Crippen molar-refractivity contribution in [3.05, 3.63) is 24.3 Å². The van der Waals surface area contributed by atoms with Crippen LogP contribution in [-0.2, 0) is 0 Å². The van der Waals surface area contributed by atoms with Crippen LogP contribution in [0.25, 0.3) is 0 Å². The zero-order valence-corrected chi connectivity index (χ0v) is 12.4. The number of nitrogens with one attached hydrogen (secondary N) is 1. The molecular formula is C17H26N2O. The van der Waals surface area contributed by atoms with Crippen molar-refractivity contribution in [1.82, 2.24) is 0 Å². The molecule has 0 bridgehead atoms. The molecule has 2 N–H and O–H groups in total. The zero-order valence-electron chi connectivity index (χ0n) is 12.4. The predicted octanol–water partition coefficient (Wildman–Crippen LogP) is 3.11. The van der Waals surface area contributed by atoms with Crippen LogP contribution < -0.4 is 10.2 Å². The van der Waals surface area contributed by atoms with E-state index in [4.69, 9.17) is 5.11 Å². The Kier molecular flexibility index (Phi) is 4.16. The molecule has 1 aromatic rings. The highest BCUT2D eigenvalue weighted by atomic mass is 16.3. The van der Waals surface area contributed by atoms with Gasteiger partial charge >= 0.3 is 0 Å². The molecule has 0 aromatic heterocycles. The molecule has 2 fully saturated rings. The van der Waals surface area contributed by atoms with Gasteiger partial charge in [-0.2, -0.15) is 0 Å². The summed E-state index contributed by atoms with van der Waals surface area (Å²) in [5.74, 6) is 1.84. The van der Waals surface area contributed by atoms with Crippen molar-refractivity contribution in [2.75, 3.05) is 29.9 Å². The van der Waals surface area contributed by atoms with E-state index in [0.29, 0.717) is 12.6 Å². The van der Waals surface area contributed by atoms with Crippen LogP contribution in [0.15, 0.2) is 24.3 Å². The smallest absolute Gasteiger partial charge is 0.0606 e. The Balaban J connectivity index is 1.62. The van der Waals surface area contributed by atoms with Crippen LogP contribution in [0.1, 0.15) is 32.6 Å². The SMILES string of the molecule is CCN(CCO)c1ccc(NC(C2CC2)C2CC2)cc1. The highest BCUT2D eigenvalue weighted by Crippen LogP contribution is 2.45. The van der Waals surface area contributed by atoms with Gasteiger partial charge in [-0.1, -0.05) is 0 Å². The molecule has 3 nitrogen and oxygen atoms in total. The van der Waals surface area contributed by atoms with Gasteiger partial charge < -0.3 is 15.3 Å². The summed E-state index contributed by atoms with van der Waals surface area (Å²) in [6, 6.07) is 9.41. The Morgan fingerprint density at radius 2 is 1.75 bits per heavy atom.